The van der Waals surface area contributed by atoms with Crippen LogP contribution in [0.5, 0.6) is 0 Å². The van der Waals surface area contributed by atoms with E-state index in [0.717, 1.165) is 18.2 Å². The second-order valence-corrected chi connectivity index (χ2v) is 6.99. The van der Waals surface area contributed by atoms with Crippen LogP contribution in [0.25, 0.3) is 0 Å². The lowest BCUT2D eigenvalue weighted by Crippen LogP contribution is -2.31. The minimum Gasteiger partial charge on any atom is -0.480 e. The number of benzene rings is 1. The van der Waals surface area contributed by atoms with Crippen molar-refractivity contribution in [3.63, 3.8) is 0 Å². The summed E-state index contributed by atoms with van der Waals surface area (Å²) in [5.41, 5.74) is 0.647. The molecule has 1 rings (SSSR count). The number of hydrogen-bond acceptors (Lipinski definition) is 9. The highest BCUT2D eigenvalue weighted by Gasteiger charge is 2.51. The highest BCUT2D eigenvalue weighted by molar-refractivity contribution is 7.82. The zero-order valence-corrected chi connectivity index (χ0v) is 12.8. The van der Waals surface area contributed by atoms with E-state index in [2.05, 4.69) is 0 Å². The van der Waals surface area contributed by atoms with Gasteiger partial charge >= 0.3 is 19.2 Å². The van der Waals surface area contributed by atoms with Gasteiger partial charge in [-0.25, -0.2) is 14.6 Å². The Hall–Kier alpha value is -2.53. The molecule has 0 aliphatic rings. The summed E-state index contributed by atoms with van der Waals surface area (Å²) in [6.07, 6.45) is -1.28. The number of hydrogen-bond donors (Lipinski definition) is 4. The Balaban J connectivity index is 3.28. The van der Waals surface area contributed by atoms with E-state index in [-0.39, 0.29) is 0 Å². The van der Waals surface area contributed by atoms with Gasteiger partial charge in [0.25, 0.3) is 11.4 Å². The first kappa shape index (κ1) is 19.5. The summed E-state index contributed by atoms with van der Waals surface area (Å²) >= 11 is 0. The average molecular weight is 362 g/mol. The monoisotopic (exact) mass is 362 g/mol. The van der Waals surface area contributed by atoms with Crippen molar-refractivity contribution in [3.05, 3.63) is 44.0 Å². The van der Waals surface area contributed by atoms with Crippen LogP contribution in [-0.4, -0.2) is 48.4 Å². The lowest BCUT2D eigenvalue weighted by molar-refractivity contribution is -0.394. The molecule has 1 aromatic rings. The van der Waals surface area contributed by atoms with Crippen LogP contribution in [0.1, 0.15) is 16.8 Å². The summed E-state index contributed by atoms with van der Waals surface area (Å²) in [5.74, 6) is -1.45. The average Bonchev–Trinajstić information content (AvgIpc) is 2.50. The summed E-state index contributed by atoms with van der Waals surface area (Å²) in [4.78, 5) is 62.5. The number of rotatable bonds is 8. The van der Waals surface area contributed by atoms with Crippen molar-refractivity contribution in [1.29, 1.82) is 0 Å². The number of nitro benzene ring substituents is 2. The quantitative estimate of drug-likeness (QED) is 0.282. The Bertz CT molecular complexity index is 674. The van der Waals surface area contributed by atoms with Gasteiger partial charge in [0.2, 0.25) is 5.56 Å². The minimum absolute atomic E-state index is 0.504. The maximum atomic E-state index is 12.3. The molecule has 0 amide bonds. The summed E-state index contributed by atoms with van der Waals surface area (Å²) in [7, 11) is -4.57. The highest BCUT2D eigenvalue weighted by atomic mass is 31.2. The molecule has 0 fully saturated rings. The van der Waals surface area contributed by atoms with E-state index in [9.17, 15) is 39.6 Å². The molecule has 0 saturated heterocycles. The third-order valence-corrected chi connectivity index (χ3v) is 4.78. The fourth-order valence-electron chi connectivity index (χ4n) is 1.77. The van der Waals surface area contributed by atoms with Crippen molar-refractivity contribution in [3.8, 4) is 0 Å². The number of aliphatic carboxylic acids is 1. The van der Waals surface area contributed by atoms with Gasteiger partial charge in [0, 0.05) is 18.6 Å². The molecule has 13 heteroatoms. The van der Waals surface area contributed by atoms with Gasteiger partial charge in [0.05, 0.1) is 9.85 Å². The van der Waals surface area contributed by atoms with Crippen LogP contribution >= 0.6 is 7.72 Å². The number of carbonyl (C=O) groups is 2. The second kappa shape index (κ2) is 7.36. The first-order chi connectivity index (χ1) is 11.0. The van der Waals surface area contributed by atoms with Gasteiger partial charge in [-0.3, -0.25) is 25.0 Å². The van der Waals surface area contributed by atoms with Crippen LogP contribution in [0.4, 0.5) is 11.4 Å². The van der Waals surface area contributed by atoms with Gasteiger partial charge in [0.1, 0.15) is 12.2 Å². The predicted octanol–water partition coefficient (Wildman–Crippen LogP) is 0.277. The topological polar surface area (TPSA) is 207 Å². The summed E-state index contributed by atoms with van der Waals surface area (Å²) < 4.78 is 0. The highest BCUT2D eigenvalue weighted by Crippen LogP contribution is 2.55. The number of carboxylic acids is 1. The molecule has 0 aliphatic heterocycles. The molecule has 0 heterocycles. The molecule has 0 radical (unpaired) electrons. The van der Waals surface area contributed by atoms with Gasteiger partial charge in [-0.15, -0.1) is 0 Å². The van der Waals surface area contributed by atoms with Crippen LogP contribution in [-0.2, 0) is 4.79 Å². The first-order valence-electron chi connectivity index (χ1n) is 6.27. The molecule has 1 atom stereocenters. The molecule has 0 aromatic heterocycles. The molecule has 0 bridgehead atoms. The number of nitrogens with zero attached hydrogens (tertiary/aromatic N) is 2. The van der Waals surface area contributed by atoms with Crippen LogP contribution in [0, 0.1) is 20.2 Å². The van der Waals surface area contributed by atoms with Crippen molar-refractivity contribution in [2.45, 2.75) is 12.5 Å². The molecule has 1 aromatic carbocycles. The Morgan fingerprint density at radius 2 is 1.62 bits per heavy atom. The van der Waals surface area contributed by atoms with Gasteiger partial charge in [-0.2, -0.15) is 0 Å². The Morgan fingerprint density at radius 1 is 1.17 bits per heavy atom. The van der Waals surface area contributed by atoms with E-state index in [4.69, 9.17) is 10.8 Å². The van der Waals surface area contributed by atoms with Crippen LogP contribution in [0.15, 0.2) is 18.2 Å². The van der Waals surface area contributed by atoms with E-state index in [1.54, 1.807) is 0 Å². The fourth-order valence-corrected chi connectivity index (χ4v) is 3.20. The number of nitrogens with two attached hydrogens (primary N) is 1. The zero-order chi connectivity index (χ0) is 18.7. The lowest BCUT2D eigenvalue weighted by atomic mass is 10.1. The molecule has 0 saturated carbocycles. The van der Waals surface area contributed by atoms with Crippen molar-refractivity contribution in [2.75, 3.05) is 6.16 Å². The third kappa shape index (κ3) is 4.26. The Morgan fingerprint density at radius 3 is 2.00 bits per heavy atom. The van der Waals surface area contributed by atoms with E-state index >= 15 is 0 Å². The van der Waals surface area contributed by atoms with Gasteiger partial charge in [-0.1, -0.05) is 0 Å². The largest absolute Gasteiger partial charge is 0.480 e. The maximum absolute atomic E-state index is 12.3. The normalized spacial score (nSPS) is 12.5. The predicted molar refractivity (Wildman–Crippen MR) is 80.5 cm³/mol. The molecule has 12 nitrogen and oxygen atoms in total. The van der Waals surface area contributed by atoms with Crippen molar-refractivity contribution in [1.82, 2.24) is 0 Å². The minimum atomic E-state index is -4.57. The van der Waals surface area contributed by atoms with E-state index in [1.165, 1.54) is 0 Å². The lowest BCUT2D eigenvalue weighted by Gasteiger charge is -2.12. The Kier molecular flexibility index (Phi) is 5.99. The molecule has 130 valence electrons. The van der Waals surface area contributed by atoms with Crippen LogP contribution in [0.3, 0.4) is 0 Å². The number of nitro groups is 2. The van der Waals surface area contributed by atoms with Crippen LogP contribution < -0.4 is 5.73 Å². The standard InChI is InChI=1S/C11H12N3O9P/c12-6(10(15)16)4-5-24(22,23)11(17)9-7(13(18)19)2-1-3-8(9)14(20)21/h1-3,6,22-23H,4-5,12H2/p+1/t6-/m0/s1. The van der Waals surface area contributed by atoms with Crippen molar-refractivity contribution >= 4 is 30.6 Å². The van der Waals surface area contributed by atoms with E-state index in [1.807, 2.05) is 0 Å². The molecule has 0 aliphatic carbocycles. The van der Waals surface area contributed by atoms with Gasteiger partial charge in [-0.05, 0) is 6.07 Å². The molecular weight excluding hydrogens is 349 g/mol. The van der Waals surface area contributed by atoms with Crippen LogP contribution in [0.2, 0.25) is 0 Å². The first-order valence-corrected chi connectivity index (χ1v) is 8.15. The summed E-state index contributed by atoms with van der Waals surface area (Å²) in [6.45, 7) is 0. The second-order valence-electron chi connectivity index (χ2n) is 4.68. The van der Waals surface area contributed by atoms with E-state index in [0.29, 0.717) is 0 Å². The smallest absolute Gasteiger partial charge is 0.370 e. The summed E-state index contributed by atoms with van der Waals surface area (Å²) in [6, 6.07) is 1.10. The van der Waals surface area contributed by atoms with E-state index < -0.39 is 64.6 Å². The van der Waals surface area contributed by atoms with Gasteiger partial charge in [0.15, 0.2) is 0 Å². The molecule has 0 spiro atoms. The van der Waals surface area contributed by atoms with Crippen molar-refractivity contribution < 1.29 is 34.3 Å². The third-order valence-electron chi connectivity index (χ3n) is 3.02. The maximum Gasteiger partial charge on any atom is 0.370 e. The zero-order valence-electron chi connectivity index (χ0n) is 11.9. The Labute approximate surface area is 134 Å². The summed E-state index contributed by atoms with van der Waals surface area (Å²) in [5, 5.41) is 30.6. The molecule has 24 heavy (non-hydrogen) atoms. The molecule has 5 N–H and O–H groups in total. The number of carbonyl (C=O) groups excluding carboxylic acids is 1. The van der Waals surface area contributed by atoms with Crippen molar-refractivity contribution in [2.24, 2.45) is 5.73 Å². The van der Waals surface area contributed by atoms with Gasteiger partial charge < -0.3 is 10.8 Å². The number of carboxylic acid groups (broad SMARTS) is 1. The molecule has 0 unspecified atom stereocenters. The fraction of sp³-hybridized carbons (Fsp3) is 0.273. The SMILES string of the molecule is N[C@@H](CC[P+](O)(O)C(=O)c1c([N+](=O)[O-])cccc1[N+](=O)[O-])C(=O)O. The molecular formula is C11H13N3O9P+.